The maximum atomic E-state index is 13.7. The molecule has 4 N–H and O–H groups in total. The average Bonchev–Trinajstić information content (AvgIpc) is 3.63. The number of aliphatic hydroxyl groups is 1. The summed E-state index contributed by atoms with van der Waals surface area (Å²) in [6.45, 7) is 4.55. The van der Waals surface area contributed by atoms with Crippen LogP contribution in [-0.2, 0) is 42.0 Å². The highest BCUT2D eigenvalue weighted by atomic mass is 32.2. The molecule has 0 saturated carbocycles. The van der Waals surface area contributed by atoms with Crippen molar-refractivity contribution in [2.45, 2.75) is 62.4 Å². The molecule has 3 aromatic carbocycles. The van der Waals surface area contributed by atoms with E-state index < -0.39 is 40.7 Å². The lowest BCUT2D eigenvalue weighted by molar-refractivity contribution is -0.0916. The number of alkyl carbamates (subject to hydrolysis) is 1. The summed E-state index contributed by atoms with van der Waals surface area (Å²) in [6.07, 6.45) is -3.29. The molecular weight excluding hydrogens is 610 g/mol. The van der Waals surface area contributed by atoms with E-state index in [1.54, 1.807) is 0 Å². The molecular formula is C34H43N3O8S. The molecule has 0 bridgehead atoms. The van der Waals surface area contributed by atoms with E-state index in [2.05, 4.69) is 5.32 Å². The third kappa shape index (κ3) is 8.64. The van der Waals surface area contributed by atoms with Crippen molar-refractivity contribution >= 4 is 21.8 Å². The van der Waals surface area contributed by atoms with Gasteiger partial charge in [0.2, 0.25) is 10.0 Å². The van der Waals surface area contributed by atoms with Gasteiger partial charge in [-0.2, -0.15) is 4.31 Å². The zero-order chi connectivity index (χ0) is 32.7. The number of rotatable bonds is 14. The highest BCUT2D eigenvalue weighted by Crippen LogP contribution is 2.35. The van der Waals surface area contributed by atoms with Crippen molar-refractivity contribution in [3.63, 3.8) is 0 Å². The van der Waals surface area contributed by atoms with Gasteiger partial charge in [0.25, 0.3) is 0 Å². The monoisotopic (exact) mass is 653 g/mol. The minimum absolute atomic E-state index is 0.0257. The van der Waals surface area contributed by atoms with Crippen LogP contribution in [0, 0.1) is 11.8 Å². The molecule has 2 fully saturated rings. The Morgan fingerprint density at radius 3 is 2.17 bits per heavy atom. The molecule has 0 spiro atoms. The number of nitrogens with one attached hydrogen (secondary N) is 1. The number of amides is 1. The maximum Gasteiger partial charge on any atom is 0.407 e. The second-order valence-electron chi connectivity index (χ2n) is 12.2. The molecule has 11 nitrogen and oxygen atoms in total. The molecule has 2 aliphatic heterocycles. The first-order chi connectivity index (χ1) is 22.1. The number of carbonyl (C=O) groups is 1. The standard InChI is InChI=1S/C34H43N3O8S/c1-23(2)18-37(46(40,41)27-15-13-26(35)14-16-27)19-29(38)28(17-24-9-5-3-6-10-24)36-34(39)45-31-22-44-33-32(31)30(21-43-33)42-20-25-11-7-4-8-12-25/h3-16,23,28-33,38H,17-22,35H2,1-2H3,(H,36,39)/t28-,29+,30-,31-,32-,33+/m0/s1. The van der Waals surface area contributed by atoms with Crippen molar-refractivity contribution in [2.75, 3.05) is 32.0 Å². The van der Waals surface area contributed by atoms with Crippen LogP contribution in [0.15, 0.2) is 89.8 Å². The summed E-state index contributed by atoms with van der Waals surface area (Å²) in [5, 5.41) is 14.3. The van der Waals surface area contributed by atoms with E-state index in [-0.39, 0.29) is 49.0 Å². The lowest BCUT2D eigenvalue weighted by Gasteiger charge is -2.31. The van der Waals surface area contributed by atoms with Crippen LogP contribution in [-0.4, -0.2) is 80.9 Å². The van der Waals surface area contributed by atoms with E-state index in [1.165, 1.54) is 28.6 Å². The molecule has 6 atom stereocenters. The van der Waals surface area contributed by atoms with E-state index >= 15 is 0 Å². The number of carbonyl (C=O) groups excluding carboxylic acids is 1. The second-order valence-corrected chi connectivity index (χ2v) is 14.1. The van der Waals surface area contributed by atoms with Crippen LogP contribution in [0.1, 0.15) is 25.0 Å². The van der Waals surface area contributed by atoms with Crippen LogP contribution in [0.5, 0.6) is 0 Å². The number of fused-ring (bicyclic) bond motifs is 1. The third-order valence-electron chi connectivity index (χ3n) is 8.13. The number of benzene rings is 3. The van der Waals surface area contributed by atoms with Gasteiger partial charge in [-0.3, -0.25) is 0 Å². The summed E-state index contributed by atoms with van der Waals surface area (Å²) in [4.78, 5) is 13.4. The molecule has 2 saturated heterocycles. The van der Waals surface area contributed by atoms with Gasteiger partial charge in [0.1, 0.15) is 6.10 Å². The molecule has 46 heavy (non-hydrogen) atoms. The fourth-order valence-electron chi connectivity index (χ4n) is 5.79. The van der Waals surface area contributed by atoms with Crippen molar-refractivity contribution in [2.24, 2.45) is 11.8 Å². The summed E-state index contributed by atoms with van der Waals surface area (Å²) < 4.78 is 52.1. The molecule has 0 unspecified atom stereocenters. The summed E-state index contributed by atoms with van der Waals surface area (Å²) in [7, 11) is -3.97. The summed E-state index contributed by atoms with van der Waals surface area (Å²) in [6, 6.07) is 24.2. The Labute approximate surface area is 270 Å². The number of anilines is 1. The van der Waals surface area contributed by atoms with Gasteiger partial charge in [0.15, 0.2) is 6.29 Å². The van der Waals surface area contributed by atoms with Crippen LogP contribution < -0.4 is 11.1 Å². The van der Waals surface area contributed by atoms with Crippen LogP contribution in [0.3, 0.4) is 0 Å². The van der Waals surface area contributed by atoms with Crippen molar-refractivity contribution in [1.82, 2.24) is 9.62 Å². The Bertz CT molecular complexity index is 1510. The Balaban J connectivity index is 1.28. The van der Waals surface area contributed by atoms with Gasteiger partial charge in [-0.1, -0.05) is 74.5 Å². The highest BCUT2D eigenvalue weighted by Gasteiger charge is 2.50. The largest absolute Gasteiger partial charge is 0.443 e. The maximum absolute atomic E-state index is 13.7. The molecule has 3 aromatic rings. The van der Waals surface area contributed by atoms with Crippen molar-refractivity contribution in [3.8, 4) is 0 Å². The molecule has 0 radical (unpaired) electrons. The molecule has 5 rings (SSSR count). The lowest BCUT2D eigenvalue weighted by atomic mass is 10.00. The number of nitrogen functional groups attached to an aromatic ring is 1. The number of aliphatic hydroxyl groups excluding tert-OH is 1. The molecule has 2 heterocycles. The van der Waals surface area contributed by atoms with Crippen LogP contribution in [0.2, 0.25) is 0 Å². The summed E-state index contributed by atoms with van der Waals surface area (Å²) in [5.41, 5.74) is 8.09. The molecule has 0 aromatic heterocycles. The van der Waals surface area contributed by atoms with Crippen molar-refractivity contribution in [3.05, 3.63) is 96.1 Å². The van der Waals surface area contributed by atoms with E-state index in [1.807, 2.05) is 74.5 Å². The van der Waals surface area contributed by atoms with E-state index in [0.717, 1.165) is 11.1 Å². The van der Waals surface area contributed by atoms with Gasteiger partial charge in [0.05, 0.1) is 48.9 Å². The Morgan fingerprint density at radius 1 is 0.935 bits per heavy atom. The van der Waals surface area contributed by atoms with E-state index in [9.17, 15) is 18.3 Å². The topological polar surface area (TPSA) is 150 Å². The summed E-state index contributed by atoms with van der Waals surface area (Å²) in [5.74, 6) is -0.346. The number of hydrogen-bond acceptors (Lipinski definition) is 9. The van der Waals surface area contributed by atoms with Crippen LogP contribution in [0.4, 0.5) is 10.5 Å². The Morgan fingerprint density at radius 2 is 1.54 bits per heavy atom. The zero-order valence-electron chi connectivity index (χ0n) is 26.1. The minimum Gasteiger partial charge on any atom is -0.443 e. The first-order valence-corrected chi connectivity index (χ1v) is 17.0. The van der Waals surface area contributed by atoms with Gasteiger partial charge >= 0.3 is 6.09 Å². The Kier molecular flexibility index (Phi) is 11.3. The van der Waals surface area contributed by atoms with Crippen molar-refractivity contribution < 1.29 is 37.3 Å². The van der Waals surface area contributed by atoms with Crippen molar-refractivity contribution in [1.29, 1.82) is 0 Å². The van der Waals surface area contributed by atoms with Gasteiger partial charge in [-0.05, 0) is 47.7 Å². The van der Waals surface area contributed by atoms with Crippen LogP contribution >= 0.6 is 0 Å². The quantitative estimate of drug-likeness (QED) is 0.222. The average molecular weight is 654 g/mol. The molecule has 248 valence electrons. The number of nitrogens with zero attached hydrogens (tertiary/aromatic N) is 1. The summed E-state index contributed by atoms with van der Waals surface area (Å²) >= 11 is 0. The number of sulfonamides is 1. The molecule has 0 aliphatic carbocycles. The normalized spacial score (nSPS) is 22.5. The first-order valence-electron chi connectivity index (χ1n) is 15.5. The molecule has 1 amide bonds. The minimum atomic E-state index is -3.97. The Hall–Kier alpha value is -3.52. The first kappa shape index (κ1) is 33.8. The fraction of sp³-hybridized carbons (Fsp3) is 0.441. The van der Waals surface area contributed by atoms with E-state index in [4.69, 9.17) is 24.7 Å². The fourth-order valence-corrected chi connectivity index (χ4v) is 7.41. The van der Waals surface area contributed by atoms with E-state index in [0.29, 0.717) is 18.9 Å². The predicted molar refractivity (Wildman–Crippen MR) is 172 cm³/mol. The van der Waals surface area contributed by atoms with Gasteiger partial charge in [0, 0.05) is 18.8 Å². The SMILES string of the molecule is CC(C)CN(C[C@@H](O)[C@H](Cc1ccccc1)NC(=O)O[C@H]1CO[C@H]2OC[C@H](OCc3ccccc3)[C@H]21)S(=O)(=O)c1ccc(N)cc1. The highest BCUT2D eigenvalue weighted by molar-refractivity contribution is 7.89. The third-order valence-corrected chi connectivity index (χ3v) is 9.98. The smallest absolute Gasteiger partial charge is 0.407 e. The van der Waals surface area contributed by atoms with Gasteiger partial charge in [-0.15, -0.1) is 0 Å². The lowest BCUT2D eigenvalue weighted by Crippen LogP contribution is -2.52. The number of ether oxygens (including phenoxy) is 4. The van der Waals surface area contributed by atoms with Gasteiger partial charge in [-0.25, -0.2) is 13.2 Å². The second kappa shape index (κ2) is 15.4. The predicted octanol–water partition coefficient (Wildman–Crippen LogP) is 3.57. The van der Waals surface area contributed by atoms with Gasteiger partial charge < -0.3 is 35.1 Å². The molecule has 2 aliphatic rings. The number of hydrogen-bond donors (Lipinski definition) is 3. The zero-order valence-corrected chi connectivity index (χ0v) is 26.9. The van der Waals surface area contributed by atoms with Crippen LogP contribution in [0.25, 0.3) is 0 Å². The number of nitrogens with two attached hydrogens (primary N) is 1. The molecule has 12 heteroatoms.